The second-order valence-corrected chi connectivity index (χ2v) is 9.59. The number of sulfonamides is 1. The predicted molar refractivity (Wildman–Crippen MR) is 127 cm³/mol. The Morgan fingerprint density at radius 1 is 1.00 bits per heavy atom. The van der Waals surface area contributed by atoms with Crippen LogP contribution >= 0.6 is 11.6 Å². The van der Waals surface area contributed by atoms with Crippen LogP contribution in [0.15, 0.2) is 77.7 Å². The summed E-state index contributed by atoms with van der Waals surface area (Å²) in [5.74, 6) is 0.290. The molecule has 3 rings (SSSR count). The van der Waals surface area contributed by atoms with Gasteiger partial charge in [-0.1, -0.05) is 54.1 Å². The molecule has 0 atom stereocenters. The van der Waals surface area contributed by atoms with Crippen molar-refractivity contribution in [3.05, 3.63) is 88.9 Å². The highest BCUT2D eigenvalue weighted by Crippen LogP contribution is 2.28. The van der Waals surface area contributed by atoms with Crippen molar-refractivity contribution in [3.8, 4) is 5.75 Å². The Morgan fingerprint density at radius 2 is 1.66 bits per heavy atom. The fraction of sp³-hybridized carbons (Fsp3) is 0.208. The van der Waals surface area contributed by atoms with E-state index >= 15 is 0 Å². The summed E-state index contributed by atoms with van der Waals surface area (Å²) in [7, 11) is -0.801. The van der Waals surface area contributed by atoms with Crippen molar-refractivity contribution < 1.29 is 17.9 Å². The molecular weight excluding hydrogens is 448 g/mol. The van der Waals surface area contributed by atoms with Crippen molar-refractivity contribution in [2.45, 2.75) is 18.4 Å². The van der Waals surface area contributed by atoms with Crippen LogP contribution in [0.4, 0.5) is 5.69 Å². The molecule has 32 heavy (non-hydrogen) atoms. The van der Waals surface area contributed by atoms with Gasteiger partial charge in [0, 0.05) is 24.2 Å². The SMILES string of the molecule is COc1ccccc1CN(C)C(=O)CN(c1ccc(C)c(Cl)c1)S(=O)(=O)c1ccccc1. The van der Waals surface area contributed by atoms with Crippen molar-refractivity contribution >= 4 is 33.2 Å². The van der Waals surface area contributed by atoms with Crippen LogP contribution in [-0.4, -0.2) is 39.9 Å². The molecule has 0 aliphatic carbocycles. The number of carbonyl (C=O) groups excluding carboxylic acids is 1. The highest BCUT2D eigenvalue weighted by atomic mass is 35.5. The Hall–Kier alpha value is -3.03. The number of aryl methyl sites for hydroxylation is 1. The molecule has 0 radical (unpaired) electrons. The summed E-state index contributed by atoms with van der Waals surface area (Å²) in [6, 6.07) is 20.3. The Balaban J connectivity index is 1.93. The third kappa shape index (κ3) is 5.23. The van der Waals surface area contributed by atoms with Crippen molar-refractivity contribution in [2.24, 2.45) is 0 Å². The average molecular weight is 473 g/mol. The van der Waals surface area contributed by atoms with Crippen LogP contribution < -0.4 is 9.04 Å². The van der Waals surface area contributed by atoms with Gasteiger partial charge < -0.3 is 9.64 Å². The Labute approximate surface area is 194 Å². The molecule has 0 aliphatic rings. The number of benzene rings is 3. The zero-order valence-electron chi connectivity index (χ0n) is 18.2. The predicted octanol–water partition coefficient (Wildman–Crippen LogP) is 4.51. The number of amides is 1. The van der Waals surface area contributed by atoms with Gasteiger partial charge in [-0.25, -0.2) is 8.42 Å². The lowest BCUT2D eigenvalue weighted by Gasteiger charge is -2.27. The van der Waals surface area contributed by atoms with E-state index in [1.54, 1.807) is 50.6 Å². The van der Waals surface area contributed by atoms with Gasteiger partial charge in [-0.3, -0.25) is 9.10 Å². The fourth-order valence-electron chi connectivity index (χ4n) is 3.19. The van der Waals surface area contributed by atoms with Crippen LogP contribution in [0, 0.1) is 6.92 Å². The molecule has 0 aromatic heterocycles. The normalized spacial score (nSPS) is 11.1. The maximum atomic E-state index is 13.4. The van der Waals surface area contributed by atoms with Gasteiger partial charge >= 0.3 is 0 Å². The minimum atomic E-state index is -4.00. The average Bonchev–Trinajstić information content (AvgIpc) is 2.80. The monoisotopic (exact) mass is 472 g/mol. The van der Waals surface area contributed by atoms with E-state index in [1.165, 1.54) is 17.0 Å². The van der Waals surface area contributed by atoms with Gasteiger partial charge in [0.15, 0.2) is 0 Å². The topological polar surface area (TPSA) is 66.9 Å². The molecule has 8 heteroatoms. The zero-order valence-corrected chi connectivity index (χ0v) is 19.7. The summed E-state index contributed by atoms with van der Waals surface area (Å²) >= 11 is 6.26. The van der Waals surface area contributed by atoms with E-state index in [9.17, 15) is 13.2 Å². The third-order valence-electron chi connectivity index (χ3n) is 5.08. The van der Waals surface area contributed by atoms with Gasteiger partial charge in [0.05, 0.1) is 17.7 Å². The minimum Gasteiger partial charge on any atom is -0.496 e. The first kappa shape index (κ1) is 23.6. The van der Waals surface area contributed by atoms with Gasteiger partial charge in [0.2, 0.25) is 5.91 Å². The van der Waals surface area contributed by atoms with Crippen molar-refractivity contribution in [1.82, 2.24) is 4.90 Å². The highest BCUT2D eigenvalue weighted by molar-refractivity contribution is 7.92. The van der Waals surface area contributed by atoms with Crippen LogP contribution in [0.25, 0.3) is 0 Å². The van der Waals surface area contributed by atoms with Crippen molar-refractivity contribution in [1.29, 1.82) is 0 Å². The third-order valence-corrected chi connectivity index (χ3v) is 7.27. The first-order chi connectivity index (χ1) is 15.2. The second-order valence-electron chi connectivity index (χ2n) is 7.32. The van der Waals surface area contributed by atoms with Crippen LogP contribution in [0.3, 0.4) is 0 Å². The lowest BCUT2D eigenvalue weighted by molar-refractivity contribution is -0.128. The van der Waals surface area contributed by atoms with Crippen LogP contribution in [-0.2, 0) is 21.4 Å². The number of ether oxygens (including phenoxy) is 1. The van der Waals surface area contributed by atoms with Gasteiger partial charge in [0.1, 0.15) is 12.3 Å². The lowest BCUT2D eigenvalue weighted by atomic mass is 10.2. The number of rotatable bonds is 8. The van der Waals surface area contributed by atoms with E-state index < -0.39 is 10.0 Å². The molecule has 0 heterocycles. The van der Waals surface area contributed by atoms with Crippen molar-refractivity contribution in [2.75, 3.05) is 25.0 Å². The van der Waals surface area contributed by atoms with E-state index in [0.29, 0.717) is 16.5 Å². The van der Waals surface area contributed by atoms with Crippen LogP contribution in [0.2, 0.25) is 5.02 Å². The smallest absolute Gasteiger partial charge is 0.264 e. The summed E-state index contributed by atoms with van der Waals surface area (Å²) in [6.45, 7) is 1.73. The molecule has 6 nitrogen and oxygen atoms in total. The number of carbonyl (C=O) groups is 1. The maximum Gasteiger partial charge on any atom is 0.264 e. The lowest BCUT2D eigenvalue weighted by Crippen LogP contribution is -2.41. The molecule has 3 aromatic rings. The number of hydrogen-bond acceptors (Lipinski definition) is 4. The molecule has 0 saturated heterocycles. The maximum absolute atomic E-state index is 13.4. The molecule has 1 amide bonds. The molecule has 0 aliphatic heterocycles. The van der Waals surface area contributed by atoms with E-state index in [2.05, 4.69) is 0 Å². The molecule has 168 valence electrons. The number of anilines is 1. The van der Waals surface area contributed by atoms with Crippen LogP contribution in [0.1, 0.15) is 11.1 Å². The molecule has 0 fully saturated rings. The molecule has 0 bridgehead atoms. The number of halogens is 1. The van der Waals surface area contributed by atoms with Gasteiger partial charge in [-0.2, -0.15) is 0 Å². The summed E-state index contributed by atoms with van der Waals surface area (Å²) in [5.41, 5.74) is 1.96. The summed E-state index contributed by atoms with van der Waals surface area (Å²) in [4.78, 5) is 14.7. The summed E-state index contributed by atoms with van der Waals surface area (Å²) in [5, 5.41) is 0.422. The minimum absolute atomic E-state index is 0.0943. The number of methoxy groups -OCH3 is 1. The van der Waals surface area contributed by atoms with Crippen molar-refractivity contribution in [3.63, 3.8) is 0 Å². The zero-order chi connectivity index (χ0) is 23.3. The second kappa shape index (κ2) is 10.1. The molecule has 0 unspecified atom stereocenters. The van der Waals surface area contributed by atoms with Gasteiger partial charge in [-0.05, 0) is 42.8 Å². The van der Waals surface area contributed by atoms with Crippen LogP contribution in [0.5, 0.6) is 5.75 Å². The molecule has 0 spiro atoms. The Kier molecular flexibility index (Phi) is 7.43. The number of hydrogen-bond donors (Lipinski definition) is 0. The van der Waals surface area contributed by atoms with E-state index in [1.807, 2.05) is 31.2 Å². The van der Waals surface area contributed by atoms with E-state index in [0.717, 1.165) is 15.4 Å². The highest BCUT2D eigenvalue weighted by Gasteiger charge is 2.28. The number of likely N-dealkylation sites (N-methyl/N-ethyl adjacent to an activating group) is 1. The number of para-hydroxylation sites is 1. The van der Waals surface area contributed by atoms with E-state index in [4.69, 9.17) is 16.3 Å². The fourth-order valence-corrected chi connectivity index (χ4v) is 4.79. The molecule has 3 aromatic carbocycles. The standard InChI is InChI=1S/C24H25ClN2O4S/c1-18-13-14-20(15-22(18)25)27(32(29,30)21-10-5-4-6-11-21)17-24(28)26(2)16-19-9-7-8-12-23(19)31-3/h4-15H,16-17H2,1-3H3. The van der Waals surface area contributed by atoms with E-state index in [-0.39, 0.29) is 23.9 Å². The molecule has 0 N–H and O–H groups in total. The Morgan fingerprint density at radius 3 is 2.31 bits per heavy atom. The van der Waals surface area contributed by atoms with Gasteiger partial charge in [-0.15, -0.1) is 0 Å². The molecular formula is C24H25ClN2O4S. The number of nitrogens with zero attached hydrogens (tertiary/aromatic N) is 2. The first-order valence-electron chi connectivity index (χ1n) is 9.94. The van der Waals surface area contributed by atoms with Gasteiger partial charge in [0.25, 0.3) is 10.0 Å². The quantitative estimate of drug-likeness (QED) is 0.483. The Bertz CT molecular complexity index is 1200. The summed E-state index contributed by atoms with van der Waals surface area (Å²) < 4.78 is 33.3. The molecule has 0 saturated carbocycles. The summed E-state index contributed by atoms with van der Waals surface area (Å²) in [6.07, 6.45) is 0. The largest absolute Gasteiger partial charge is 0.496 e. The first-order valence-corrected chi connectivity index (χ1v) is 11.8.